The van der Waals surface area contributed by atoms with Gasteiger partial charge in [0.15, 0.2) is 0 Å². The van der Waals surface area contributed by atoms with E-state index < -0.39 is 0 Å². The molecule has 1 rings (SSSR count). The van der Waals surface area contributed by atoms with Gasteiger partial charge in [-0.05, 0) is 40.4 Å². The third-order valence-corrected chi connectivity index (χ3v) is 2.96. The topological polar surface area (TPSA) is 24.9 Å². The van der Waals surface area contributed by atoms with E-state index in [-0.39, 0.29) is 0 Å². The summed E-state index contributed by atoms with van der Waals surface area (Å²) >= 11 is 9.13. The van der Waals surface area contributed by atoms with Crippen molar-refractivity contribution in [2.75, 3.05) is 5.88 Å². The van der Waals surface area contributed by atoms with Gasteiger partial charge in [0, 0.05) is 35.3 Å². The van der Waals surface area contributed by atoms with Crippen LogP contribution >= 0.6 is 27.5 Å². The second-order valence-electron chi connectivity index (χ2n) is 3.48. The first-order valence-electron chi connectivity index (χ1n) is 5.15. The van der Waals surface area contributed by atoms with Crippen LogP contribution in [0.2, 0.25) is 0 Å². The van der Waals surface area contributed by atoms with Crippen LogP contribution in [0.15, 0.2) is 22.9 Å². The number of alkyl halides is 1. The standard InChI is InChI=1S/C11H16BrClN2/c1-2-11(3-4-13)15-7-9-5-10(12)8-14-6-9/h5-6,8,11,15H,2-4,7H2,1H3. The van der Waals surface area contributed by atoms with Crippen LogP contribution in [0.25, 0.3) is 0 Å². The summed E-state index contributed by atoms with van der Waals surface area (Å²) in [5, 5.41) is 3.47. The minimum atomic E-state index is 0.501. The van der Waals surface area contributed by atoms with Gasteiger partial charge in [-0.15, -0.1) is 11.6 Å². The lowest BCUT2D eigenvalue weighted by Crippen LogP contribution is -2.28. The van der Waals surface area contributed by atoms with Crippen molar-refractivity contribution in [2.45, 2.75) is 32.4 Å². The summed E-state index contributed by atoms with van der Waals surface area (Å²) in [5.41, 5.74) is 1.19. The fourth-order valence-electron chi connectivity index (χ4n) is 1.40. The maximum Gasteiger partial charge on any atom is 0.0410 e. The third kappa shape index (κ3) is 4.96. The smallest absolute Gasteiger partial charge is 0.0410 e. The van der Waals surface area contributed by atoms with Crippen molar-refractivity contribution in [3.63, 3.8) is 0 Å². The molecule has 1 atom stereocenters. The molecule has 1 heterocycles. The Labute approximate surface area is 105 Å². The van der Waals surface area contributed by atoms with Crippen LogP contribution in [-0.2, 0) is 6.54 Å². The molecule has 0 saturated carbocycles. The van der Waals surface area contributed by atoms with Gasteiger partial charge in [-0.1, -0.05) is 6.92 Å². The highest BCUT2D eigenvalue weighted by Crippen LogP contribution is 2.10. The fourth-order valence-corrected chi connectivity index (χ4v) is 2.07. The maximum atomic E-state index is 5.72. The molecule has 0 amide bonds. The lowest BCUT2D eigenvalue weighted by molar-refractivity contribution is 0.485. The molecule has 0 aliphatic rings. The van der Waals surface area contributed by atoms with E-state index in [4.69, 9.17) is 11.6 Å². The highest BCUT2D eigenvalue weighted by Gasteiger charge is 2.04. The minimum absolute atomic E-state index is 0.501. The first-order chi connectivity index (χ1) is 7.26. The summed E-state index contributed by atoms with van der Waals surface area (Å²) in [4.78, 5) is 4.12. The summed E-state index contributed by atoms with van der Waals surface area (Å²) in [5.74, 6) is 0.711. The van der Waals surface area contributed by atoms with Gasteiger partial charge in [-0.3, -0.25) is 4.98 Å². The Bertz CT molecular complexity index is 294. The van der Waals surface area contributed by atoms with Crippen LogP contribution in [0.4, 0.5) is 0 Å². The van der Waals surface area contributed by atoms with E-state index >= 15 is 0 Å². The van der Waals surface area contributed by atoms with Gasteiger partial charge < -0.3 is 5.32 Å². The highest BCUT2D eigenvalue weighted by molar-refractivity contribution is 9.10. The Morgan fingerprint density at radius 2 is 2.33 bits per heavy atom. The monoisotopic (exact) mass is 290 g/mol. The predicted molar refractivity (Wildman–Crippen MR) is 68.2 cm³/mol. The molecular formula is C11H16BrClN2. The fraction of sp³-hybridized carbons (Fsp3) is 0.545. The summed E-state index contributed by atoms with van der Waals surface area (Å²) in [6.45, 7) is 3.02. The molecule has 0 aliphatic carbocycles. The van der Waals surface area contributed by atoms with Crippen molar-refractivity contribution < 1.29 is 0 Å². The minimum Gasteiger partial charge on any atom is -0.310 e. The van der Waals surface area contributed by atoms with Crippen LogP contribution in [0, 0.1) is 0 Å². The SMILES string of the molecule is CCC(CCCl)NCc1cncc(Br)c1. The van der Waals surface area contributed by atoms with Gasteiger partial charge in [0.05, 0.1) is 0 Å². The zero-order valence-electron chi connectivity index (χ0n) is 8.84. The van der Waals surface area contributed by atoms with E-state index in [0.717, 1.165) is 23.9 Å². The van der Waals surface area contributed by atoms with Crippen LogP contribution in [0.3, 0.4) is 0 Å². The molecule has 0 spiro atoms. The van der Waals surface area contributed by atoms with Crippen molar-refractivity contribution in [2.24, 2.45) is 0 Å². The lowest BCUT2D eigenvalue weighted by atomic mass is 10.1. The van der Waals surface area contributed by atoms with Gasteiger partial charge in [0.2, 0.25) is 0 Å². The largest absolute Gasteiger partial charge is 0.310 e. The molecule has 1 aromatic heterocycles. The number of nitrogens with zero attached hydrogens (tertiary/aromatic N) is 1. The van der Waals surface area contributed by atoms with Crippen molar-refractivity contribution in [1.29, 1.82) is 0 Å². The Hall–Kier alpha value is -0.120. The average Bonchev–Trinajstić information content (AvgIpc) is 2.24. The van der Waals surface area contributed by atoms with Gasteiger partial charge >= 0.3 is 0 Å². The molecule has 0 bridgehead atoms. The predicted octanol–water partition coefficient (Wildman–Crippen LogP) is 3.34. The molecule has 2 nitrogen and oxygen atoms in total. The molecule has 0 saturated heterocycles. The third-order valence-electron chi connectivity index (χ3n) is 2.31. The molecular weight excluding hydrogens is 275 g/mol. The first kappa shape index (κ1) is 12.9. The van der Waals surface area contributed by atoms with Crippen LogP contribution in [0.5, 0.6) is 0 Å². The van der Waals surface area contributed by atoms with Crippen molar-refractivity contribution in [1.82, 2.24) is 10.3 Å². The van der Waals surface area contributed by atoms with Crippen molar-refractivity contribution >= 4 is 27.5 Å². The Morgan fingerprint density at radius 3 is 2.93 bits per heavy atom. The van der Waals surface area contributed by atoms with E-state index in [2.05, 4.69) is 39.2 Å². The molecule has 0 radical (unpaired) electrons. The Balaban J connectivity index is 2.41. The van der Waals surface area contributed by atoms with Crippen molar-refractivity contribution in [3.05, 3.63) is 28.5 Å². The Kier molecular flexibility index (Phi) is 6.22. The molecule has 0 aromatic carbocycles. The van der Waals surface area contributed by atoms with E-state index in [1.807, 2.05) is 6.20 Å². The van der Waals surface area contributed by atoms with Gasteiger partial charge in [0.1, 0.15) is 0 Å². The Morgan fingerprint density at radius 1 is 1.53 bits per heavy atom. The number of pyridine rings is 1. The van der Waals surface area contributed by atoms with E-state index in [9.17, 15) is 0 Å². The second kappa shape index (κ2) is 7.20. The van der Waals surface area contributed by atoms with Crippen molar-refractivity contribution in [3.8, 4) is 0 Å². The van der Waals surface area contributed by atoms with E-state index in [1.165, 1.54) is 5.56 Å². The number of hydrogen-bond acceptors (Lipinski definition) is 2. The normalized spacial score (nSPS) is 12.7. The number of nitrogens with one attached hydrogen (secondary N) is 1. The van der Waals surface area contributed by atoms with E-state index in [1.54, 1.807) is 6.20 Å². The van der Waals surface area contributed by atoms with Crippen LogP contribution < -0.4 is 5.32 Å². The summed E-state index contributed by atoms with van der Waals surface area (Å²) < 4.78 is 1.02. The lowest BCUT2D eigenvalue weighted by Gasteiger charge is -2.15. The molecule has 0 fully saturated rings. The molecule has 1 unspecified atom stereocenters. The zero-order chi connectivity index (χ0) is 11.1. The molecule has 15 heavy (non-hydrogen) atoms. The number of rotatable bonds is 6. The maximum absolute atomic E-state index is 5.72. The molecule has 84 valence electrons. The summed E-state index contributed by atoms with van der Waals surface area (Å²) in [6.07, 6.45) is 5.79. The summed E-state index contributed by atoms with van der Waals surface area (Å²) in [6, 6.07) is 2.58. The van der Waals surface area contributed by atoms with E-state index in [0.29, 0.717) is 11.9 Å². The molecule has 1 aromatic rings. The van der Waals surface area contributed by atoms with Gasteiger partial charge in [0.25, 0.3) is 0 Å². The number of halogens is 2. The second-order valence-corrected chi connectivity index (χ2v) is 4.77. The zero-order valence-corrected chi connectivity index (χ0v) is 11.2. The van der Waals surface area contributed by atoms with Crippen LogP contribution in [0.1, 0.15) is 25.3 Å². The van der Waals surface area contributed by atoms with Gasteiger partial charge in [-0.25, -0.2) is 0 Å². The molecule has 1 N–H and O–H groups in total. The number of aromatic nitrogens is 1. The van der Waals surface area contributed by atoms with Crippen LogP contribution in [-0.4, -0.2) is 16.9 Å². The molecule has 0 aliphatic heterocycles. The average molecular weight is 292 g/mol. The van der Waals surface area contributed by atoms with Gasteiger partial charge in [-0.2, -0.15) is 0 Å². The number of hydrogen-bond donors (Lipinski definition) is 1. The molecule has 4 heteroatoms. The quantitative estimate of drug-likeness (QED) is 0.813. The first-order valence-corrected chi connectivity index (χ1v) is 6.47. The summed E-state index contributed by atoms with van der Waals surface area (Å²) in [7, 11) is 0. The highest BCUT2D eigenvalue weighted by atomic mass is 79.9.